The van der Waals surface area contributed by atoms with Gasteiger partial charge in [-0.15, -0.1) is 0 Å². The molecule has 4 fully saturated rings. The summed E-state index contributed by atoms with van der Waals surface area (Å²) in [5.41, 5.74) is -1.47. The zero-order valence-electron chi connectivity index (χ0n) is 27.7. The lowest BCUT2D eigenvalue weighted by Gasteiger charge is -2.38. The Morgan fingerprint density at radius 3 is 1.94 bits per heavy atom. The van der Waals surface area contributed by atoms with E-state index in [1.165, 1.54) is 50.9 Å². The SMILES string of the molecule is OC1(Cc2cccc(F)c2)CCCCCC1CN1CCCC1.OC1(c2ccc(Cl)c(C(F)(F)F)c2)CCCCCC1CN1CCCC1. The van der Waals surface area contributed by atoms with Crippen molar-refractivity contribution in [3.05, 3.63) is 70.0 Å². The van der Waals surface area contributed by atoms with Gasteiger partial charge >= 0.3 is 6.18 Å². The molecule has 0 amide bonds. The van der Waals surface area contributed by atoms with Gasteiger partial charge in [-0.2, -0.15) is 13.2 Å². The lowest BCUT2D eigenvalue weighted by Crippen LogP contribution is -2.45. The first-order valence-electron chi connectivity index (χ1n) is 18.0. The second kappa shape index (κ2) is 16.3. The van der Waals surface area contributed by atoms with Crippen LogP contribution in [0.1, 0.15) is 107 Å². The van der Waals surface area contributed by atoms with Crippen LogP contribution in [0.4, 0.5) is 17.6 Å². The Bertz CT molecular complexity index is 1280. The van der Waals surface area contributed by atoms with Gasteiger partial charge in [-0.25, -0.2) is 4.39 Å². The molecule has 2 heterocycles. The van der Waals surface area contributed by atoms with Crippen molar-refractivity contribution in [1.29, 1.82) is 0 Å². The molecule has 2 aliphatic carbocycles. The summed E-state index contributed by atoms with van der Waals surface area (Å²) in [6, 6.07) is 10.6. The predicted molar refractivity (Wildman–Crippen MR) is 180 cm³/mol. The zero-order chi connectivity index (χ0) is 33.5. The fourth-order valence-electron chi connectivity index (χ4n) is 8.56. The predicted octanol–water partition coefficient (Wildman–Crippen LogP) is 9.00. The molecule has 2 aromatic carbocycles. The summed E-state index contributed by atoms with van der Waals surface area (Å²) in [4.78, 5) is 4.84. The largest absolute Gasteiger partial charge is 0.417 e. The fraction of sp³-hybridized carbons (Fsp3) is 0.684. The van der Waals surface area contributed by atoms with Crippen LogP contribution in [-0.2, 0) is 18.2 Å². The summed E-state index contributed by atoms with van der Waals surface area (Å²) in [6.45, 7) is 6.13. The van der Waals surface area contributed by atoms with Gasteiger partial charge in [0.25, 0.3) is 0 Å². The molecular formula is C38H53ClF4N2O2. The van der Waals surface area contributed by atoms with Gasteiger partial charge in [0.05, 0.1) is 21.8 Å². The van der Waals surface area contributed by atoms with Gasteiger partial charge in [0.15, 0.2) is 0 Å². The van der Waals surface area contributed by atoms with Crippen LogP contribution in [0.3, 0.4) is 0 Å². The molecule has 47 heavy (non-hydrogen) atoms. The molecule has 0 bridgehead atoms. The second-order valence-electron chi connectivity index (χ2n) is 14.6. The molecule has 4 unspecified atom stereocenters. The number of nitrogens with zero attached hydrogens (tertiary/aromatic N) is 2. The number of benzene rings is 2. The molecular weight excluding hydrogens is 628 g/mol. The van der Waals surface area contributed by atoms with Gasteiger partial charge < -0.3 is 20.0 Å². The first kappa shape index (κ1) is 36.6. The highest BCUT2D eigenvalue weighted by Gasteiger charge is 2.43. The Labute approximate surface area is 283 Å². The van der Waals surface area contributed by atoms with Crippen LogP contribution in [0.15, 0.2) is 42.5 Å². The van der Waals surface area contributed by atoms with E-state index in [9.17, 15) is 27.8 Å². The third-order valence-electron chi connectivity index (χ3n) is 11.2. The van der Waals surface area contributed by atoms with Crippen LogP contribution in [0.5, 0.6) is 0 Å². The standard InChI is InChI=1S/C19H25ClF3NO.C19H28FNO/c20-17-8-7-14(12-16(17)19(21,22)23)18(25)9-3-1-2-6-15(18)13-24-10-4-5-11-24;20-18-9-6-7-16(13-18)14-19(22)10-3-1-2-8-17(19)15-21-11-4-5-12-21/h7-8,12,15,25H,1-6,9-11,13H2;6-7,9,13,17,22H,1-5,8,10-12,14-15H2. The van der Waals surface area contributed by atoms with E-state index < -0.39 is 22.9 Å². The number of hydrogen-bond acceptors (Lipinski definition) is 4. The molecule has 2 N–H and O–H groups in total. The molecule has 2 saturated carbocycles. The molecule has 2 aromatic rings. The molecule has 4 atom stereocenters. The van der Waals surface area contributed by atoms with Crippen LogP contribution in [0.25, 0.3) is 0 Å². The maximum Gasteiger partial charge on any atom is 0.417 e. The Balaban J connectivity index is 0.000000186. The molecule has 262 valence electrons. The number of alkyl halides is 3. The van der Waals surface area contributed by atoms with E-state index in [4.69, 9.17) is 11.6 Å². The lowest BCUT2D eigenvalue weighted by atomic mass is 9.77. The van der Waals surface area contributed by atoms with Crippen LogP contribution >= 0.6 is 11.6 Å². The van der Waals surface area contributed by atoms with E-state index in [0.29, 0.717) is 24.3 Å². The summed E-state index contributed by atoms with van der Waals surface area (Å²) in [7, 11) is 0. The lowest BCUT2D eigenvalue weighted by molar-refractivity contribution is -0.137. The summed E-state index contributed by atoms with van der Waals surface area (Å²) >= 11 is 5.76. The van der Waals surface area contributed by atoms with Crippen molar-refractivity contribution in [1.82, 2.24) is 9.80 Å². The Hall–Kier alpha value is -1.71. The van der Waals surface area contributed by atoms with E-state index >= 15 is 0 Å². The molecule has 2 aliphatic heterocycles. The maximum atomic E-state index is 13.5. The van der Waals surface area contributed by atoms with Gasteiger partial charge in [0, 0.05) is 31.3 Å². The molecule has 2 saturated heterocycles. The summed E-state index contributed by atoms with van der Waals surface area (Å²) in [5.74, 6) is 0.0672. The van der Waals surface area contributed by atoms with Gasteiger partial charge in [-0.05, 0) is 113 Å². The monoisotopic (exact) mass is 680 g/mol. The van der Waals surface area contributed by atoms with Gasteiger partial charge in [0.1, 0.15) is 5.82 Å². The molecule has 4 nitrogen and oxygen atoms in total. The maximum absolute atomic E-state index is 13.5. The van der Waals surface area contributed by atoms with Crippen LogP contribution in [0.2, 0.25) is 5.02 Å². The first-order chi connectivity index (χ1) is 22.5. The number of hydrogen-bond donors (Lipinski definition) is 2. The van der Waals surface area contributed by atoms with E-state index in [-0.39, 0.29) is 16.8 Å². The zero-order valence-corrected chi connectivity index (χ0v) is 28.5. The second-order valence-corrected chi connectivity index (χ2v) is 15.0. The highest BCUT2D eigenvalue weighted by atomic mass is 35.5. The smallest absolute Gasteiger partial charge is 0.389 e. The summed E-state index contributed by atoms with van der Waals surface area (Å²) < 4.78 is 53.2. The van der Waals surface area contributed by atoms with Gasteiger partial charge in [-0.3, -0.25) is 0 Å². The minimum atomic E-state index is -4.52. The highest BCUT2D eigenvalue weighted by Crippen LogP contribution is 2.44. The van der Waals surface area contributed by atoms with Crippen molar-refractivity contribution >= 4 is 11.6 Å². The molecule has 0 aromatic heterocycles. The number of rotatable bonds is 7. The van der Waals surface area contributed by atoms with Crippen LogP contribution in [-0.4, -0.2) is 64.9 Å². The Morgan fingerprint density at radius 2 is 1.32 bits per heavy atom. The topological polar surface area (TPSA) is 46.9 Å². The highest BCUT2D eigenvalue weighted by molar-refractivity contribution is 6.31. The van der Waals surface area contributed by atoms with Gasteiger partial charge in [-0.1, -0.05) is 68.3 Å². The summed E-state index contributed by atoms with van der Waals surface area (Å²) in [6.07, 6.45) is 10.6. The van der Waals surface area contributed by atoms with Crippen LogP contribution < -0.4 is 0 Å². The normalized spacial score (nSPS) is 29.6. The molecule has 6 rings (SSSR count). The minimum Gasteiger partial charge on any atom is -0.389 e. The number of likely N-dealkylation sites (tertiary alicyclic amines) is 2. The quantitative estimate of drug-likeness (QED) is 0.226. The van der Waals surface area contributed by atoms with E-state index in [2.05, 4.69) is 9.80 Å². The van der Waals surface area contributed by atoms with Crippen molar-refractivity contribution in [2.24, 2.45) is 11.8 Å². The van der Waals surface area contributed by atoms with E-state index in [1.54, 1.807) is 18.2 Å². The van der Waals surface area contributed by atoms with Crippen molar-refractivity contribution in [2.75, 3.05) is 39.3 Å². The van der Waals surface area contributed by atoms with Crippen molar-refractivity contribution in [2.45, 2.75) is 114 Å². The third kappa shape index (κ3) is 9.72. The van der Waals surface area contributed by atoms with Crippen molar-refractivity contribution < 1.29 is 27.8 Å². The Morgan fingerprint density at radius 1 is 0.723 bits per heavy atom. The average molecular weight is 681 g/mol. The van der Waals surface area contributed by atoms with Crippen molar-refractivity contribution in [3.63, 3.8) is 0 Å². The number of halogens is 5. The van der Waals surface area contributed by atoms with E-state index in [1.807, 2.05) is 6.07 Å². The van der Waals surface area contributed by atoms with Crippen molar-refractivity contribution in [3.8, 4) is 0 Å². The average Bonchev–Trinajstić information content (AvgIpc) is 3.67. The van der Waals surface area contributed by atoms with Crippen LogP contribution in [0, 0.1) is 17.7 Å². The fourth-order valence-corrected chi connectivity index (χ4v) is 8.78. The molecule has 0 spiro atoms. The molecule has 0 radical (unpaired) electrons. The molecule has 4 aliphatic rings. The third-order valence-corrected chi connectivity index (χ3v) is 11.6. The van der Waals surface area contributed by atoms with Gasteiger partial charge in [0.2, 0.25) is 0 Å². The summed E-state index contributed by atoms with van der Waals surface area (Å²) in [5, 5.41) is 22.5. The minimum absolute atomic E-state index is 0.0460. The number of aliphatic hydroxyl groups is 2. The first-order valence-corrected chi connectivity index (χ1v) is 18.4. The molecule has 9 heteroatoms. The van der Waals surface area contributed by atoms with E-state index in [0.717, 1.165) is 95.6 Å². The Kier molecular flexibility index (Phi) is 12.7.